The summed E-state index contributed by atoms with van der Waals surface area (Å²) in [6.07, 6.45) is 5.24. The van der Waals surface area contributed by atoms with Crippen LogP contribution in [0.5, 0.6) is 5.75 Å². The molecule has 2 heteroatoms. The molecule has 0 radical (unpaired) electrons. The highest BCUT2D eigenvalue weighted by Crippen LogP contribution is 2.34. The van der Waals surface area contributed by atoms with Crippen molar-refractivity contribution in [3.63, 3.8) is 0 Å². The van der Waals surface area contributed by atoms with Crippen LogP contribution in [-0.4, -0.2) is 11.1 Å². The molecule has 1 atom stereocenters. The number of fused-ring (bicyclic) bond motifs is 1. The smallest absolute Gasteiger partial charge is 0.120 e. The number of hydrogen-bond acceptors (Lipinski definition) is 2. The number of benzene rings is 2. The predicted octanol–water partition coefficient (Wildman–Crippen LogP) is 4.21. The van der Waals surface area contributed by atoms with Crippen molar-refractivity contribution in [2.45, 2.75) is 45.2 Å². The third-order valence-corrected chi connectivity index (χ3v) is 4.39. The Balaban J connectivity index is 1.77. The van der Waals surface area contributed by atoms with E-state index in [9.17, 15) is 5.11 Å². The molecule has 106 valence electrons. The lowest BCUT2D eigenvalue weighted by atomic mass is 10.0. The molecular weight excluding hydrogens is 246 g/mol. The highest BCUT2D eigenvalue weighted by Gasteiger charge is 2.24. The molecule has 0 heterocycles. The molecule has 3 rings (SSSR count). The zero-order valence-electron chi connectivity index (χ0n) is 12.1. The van der Waals surface area contributed by atoms with Crippen molar-refractivity contribution in [1.82, 2.24) is 5.32 Å². The fourth-order valence-electron chi connectivity index (χ4n) is 2.91. The van der Waals surface area contributed by atoms with Gasteiger partial charge >= 0.3 is 0 Å². The van der Waals surface area contributed by atoms with Crippen LogP contribution in [-0.2, 0) is 6.54 Å². The summed E-state index contributed by atoms with van der Waals surface area (Å²) < 4.78 is 0. The lowest BCUT2D eigenvalue weighted by Crippen LogP contribution is -2.28. The van der Waals surface area contributed by atoms with E-state index in [4.69, 9.17) is 0 Å². The third-order valence-electron chi connectivity index (χ3n) is 4.39. The Morgan fingerprint density at radius 3 is 2.75 bits per heavy atom. The van der Waals surface area contributed by atoms with E-state index in [0.717, 1.165) is 29.8 Å². The van der Waals surface area contributed by atoms with Crippen LogP contribution in [0.15, 0.2) is 36.4 Å². The van der Waals surface area contributed by atoms with Gasteiger partial charge < -0.3 is 10.4 Å². The van der Waals surface area contributed by atoms with Crippen LogP contribution in [0, 0.1) is 5.92 Å². The van der Waals surface area contributed by atoms with Crippen molar-refractivity contribution in [3.8, 4) is 5.75 Å². The van der Waals surface area contributed by atoms with E-state index in [1.165, 1.54) is 24.6 Å². The van der Waals surface area contributed by atoms with Crippen LogP contribution < -0.4 is 5.32 Å². The van der Waals surface area contributed by atoms with Gasteiger partial charge in [-0.05, 0) is 35.6 Å². The van der Waals surface area contributed by atoms with Crippen molar-refractivity contribution in [2.24, 2.45) is 5.92 Å². The number of aromatic hydroxyl groups is 1. The molecule has 0 aliphatic heterocycles. The lowest BCUT2D eigenvalue weighted by Gasteiger charge is -2.18. The number of hydrogen-bond donors (Lipinski definition) is 2. The first-order valence-corrected chi connectivity index (χ1v) is 7.71. The summed E-state index contributed by atoms with van der Waals surface area (Å²) in [4.78, 5) is 0. The summed E-state index contributed by atoms with van der Waals surface area (Å²) in [5.74, 6) is 1.34. The molecule has 1 aliphatic carbocycles. The van der Waals surface area contributed by atoms with Gasteiger partial charge in [-0.15, -0.1) is 0 Å². The normalized spacial score (nSPS) is 16.4. The van der Waals surface area contributed by atoms with Crippen LogP contribution in [0.4, 0.5) is 0 Å². The molecule has 0 bridgehead atoms. The molecule has 2 aromatic rings. The van der Waals surface area contributed by atoms with Crippen molar-refractivity contribution < 1.29 is 5.11 Å². The SMILES string of the molecule is CCC(CC1CC1)NCc1c(O)ccc2ccccc12. The van der Waals surface area contributed by atoms with E-state index in [2.05, 4.69) is 24.4 Å². The molecule has 0 aromatic heterocycles. The highest BCUT2D eigenvalue weighted by atomic mass is 16.3. The average molecular weight is 269 g/mol. The molecule has 0 amide bonds. The van der Waals surface area contributed by atoms with Gasteiger partial charge in [-0.1, -0.05) is 50.1 Å². The van der Waals surface area contributed by atoms with Crippen molar-refractivity contribution >= 4 is 10.8 Å². The monoisotopic (exact) mass is 269 g/mol. The molecule has 0 saturated heterocycles. The Bertz CT molecular complexity index is 589. The van der Waals surface area contributed by atoms with E-state index in [0.29, 0.717) is 11.8 Å². The molecule has 20 heavy (non-hydrogen) atoms. The number of phenols is 1. The Labute approximate surface area is 120 Å². The molecule has 2 N–H and O–H groups in total. The zero-order valence-corrected chi connectivity index (χ0v) is 12.1. The zero-order chi connectivity index (χ0) is 13.9. The number of nitrogens with one attached hydrogen (secondary N) is 1. The maximum atomic E-state index is 10.1. The van der Waals surface area contributed by atoms with E-state index in [-0.39, 0.29) is 0 Å². The fourth-order valence-corrected chi connectivity index (χ4v) is 2.91. The standard InChI is InChI=1S/C18H23NO/c1-2-15(11-13-7-8-13)19-12-17-16-6-4-3-5-14(16)9-10-18(17)20/h3-6,9-10,13,15,19-20H,2,7-8,11-12H2,1H3. The van der Waals surface area contributed by atoms with Crippen LogP contribution in [0.3, 0.4) is 0 Å². The van der Waals surface area contributed by atoms with Gasteiger partial charge in [0.15, 0.2) is 0 Å². The van der Waals surface area contributed by atoms with E-state index >= 15 is 0 Å². The second kappa shape index (κ2) is 5.84. The van der Waals surface area contributed by atoms with Crippen LogP contribution in [0.1, 0.15) is 38.2 Å². The first kappa shape index (κ1) is 13.4. The Morgan fingerprint density at radius 1 is 1.20 bits per heavy atom. The minimum atomic E-state index is 0.400. The number of phenolic OH excluding ortho intramolecular Hbond substituents is 1. The molecule has 2 nitrogen and oxygen atoms in total. The van der Waals surface area contributed by atoms with E-state index in [1.54, 1.807) is 6.07 Å². The van der Waals surface area contributed by atoms with E-state index < -0.39 is 0 Å². The molecule has 1 fully saturated rings. The maximum Gasteiger partial charge on any atom is 0.120 e. The Morgan fingerprint density at radius 2 is 2.00 bits per heavy atom. The lowest BCUT2D eigenvalue weighted by molar-refractivity contribution is 0.431. The second-order valence-electron chi connectivity index (χ2n) is 5.95. The summed E-state index contributed by atoms with van der Waals surface area (Å²) in [6.45, 7) is 2.99. The van der Waals surface area contributed by atoms with Gasteiger partial charge in [0.05, 0.1) is 0 Å². The largest absolute Gasteiger partial charge is 0.508 e. The summed E-state index contributed by atoms with van der Waals surface area (Å²) in [7, 11) is 0. The summed E-state index contributed by atoms with van der Waals surface area (Å²) in [5.41, 5.74) is 1.03. The Hall–Kier alpha value is -1.54. The highest BCUT2D eigenvalue weighted by molar-refractivity contribution is 5.87. The topological polar surface area (TPSA) is 32.3 Å². The van der Waals surface area contributed by atoms with Gasteiger partial charge in [0.25, 0.3) is 0 Å². The minimum Gasteiger partial charge on any atom is -0.508 e. The molecule has 2 aromatic carbocycles. The molecule has 0 spiro atoms. The minimum absolute atomic E-state index is 0.400. The maximum absolute atomic E-state index is 10.1. The summed E-state index contributed by atoms with van der Waals surface area (Å²) >= 11 is 0. The van der Waals surface area contributed by atoms with Gasteiger partial charge in [-0.25, -0.2) is 0 Å². The first-order valence-electron chi connectivity index (χ1n) is 7.71. The van der Waals surface area contributed by atoms with Crippen LogP contribution in [0.25, 0.3) is 10.8 Å². The summed E-state index contributed by atoms with van der Waals surface area (Å²) in [6, 6.07) is 12.6. The quantitative estimate of drug-likeness (QED) is 0.823. The molecular formula is C18H23NO. The van der Waals surface area contributed by atoms with Crippen LogP contribution in [0.2, 0.25) is 0 Å². The van der Waals surface area contributed by atoms with Gasteiger partial charge in [0, 0.05) is 18.2 Å². The molecule has 1 aliphatic rings. The molecule has 1 saturated carbocycles. The Kier molecular flexibility index (Phi) is 3.93. The van der Waals surface area contributed by atoms with Crippen molar-refractivity contribution in [2.75, 3.05) is 0 Å². The van der Waals surface area contributed by atoms with Crippen LogP contribution >= 0.6 is 0 Å². The van der Waals surface area contributed by atoms with E-state index in [1.807, 2.05) is 18.2 Å². The predicted molar refractivity (Wildman–Crippen MR) is 83.9 cm³/mol. The fraction of sp³-hybridized carbons (Fsp3) is 0.444. The van der Waals surface area contributed by atoms with Gasteiger partial charge in [0.1, 0.15) is 5.75 Å². The van der Waals surface area contributed by atoms with Gasteiger partial charge in [-0.2, -0.15) is 0 Å². The van der Waals surface area contributed by atoms with Gasteiger partial charge in [0.2, 0.25) is 0 Å². The average Bonchev–Trinajstić information content (AvgIpc) is 3.29. The second-order valence-corrected chi connectivity index (χ2v) is 5.95. The molecule has 1 unspecified atom stereocenters. The number of rotatable bonds is 6. The van der Waals surface area contributed by atoms with Gasteiger partial charge in [-0.3, -0.25) is 0 Å². The van der Waals surface area contributed by atoms with Crippen molar-refractivity contribution in [3.05, 3.63) is 42.0 Å². The van der Waals surface area contributed by atoms with Crippen molar-refractivity contribution in [1.29, 1.82) is 0 Å². The first-order chi connectivity index (χ1) is 9.78. The summed E-state index contributed by atoms with van der Waals surface area (Å²) in [5, 5.41) is 16.1. The third kappa shape index (κ3) is 2.96.